The Bertz CT molecular complexity index is 1200. The fourth-order valence-electron chi connectivity index (χ4n) is 3.38. The molecule has 3 rings (SSSR count). The molecule has 1 aromatic rings. The molecule has 20 nitrogen and oxygen atoms in total. The van der Waals surface area contributed by atoms with Crippen LogP contribution in [0.2, 0.25) is 0 Å². The molecule has 3 unspecified atom stereocenters. The second-order valence-corrected chi connectivity index (χ2v) is 10.8. The fraction of sp³-hybridized carbons (Fsp3) is 0.667. The van der Waals surface area contributed by atoms with Crippen LogP contribution < -0.4 is 17.0 Å². The lowest BCUT2D eigenvalue weighted by Gasteiger charge is -2.39. The lowest BCUT2D eigenvalue weighted by atomic mass is 9.97. The van der Waals surface area contributed by atoms with E-state index in [2.05, 4.69) is 18.1 Å². The third kappa shape index (κ3) is 6.77. The Labute approximate surface area is 204 Å². The van der Waals surface area contributed by atoms with Gasteiger partial charge in [0.15, 0.2) is 18.6 Å². The molecule has 37 heavy (non-hydrogen) atoms. The Kier molecular flexibility index (Phi) is 8.89. The van der Waals surface area contributed by atoms with Gasteiger partial charge >= 0.3 is 27.3 Å². The molecule has 2 fully saturated rings. The number of aliphatic hydroxyl groups excluding tert-OH is 4. The van der Waals surface area contributed by atoms with Gasteiger partial charge in [-0.1, -0.05) is 0 Å². The molecule has 2 aliphatic heterocycles. The maximum atomic E-state index is 12.2. The number of carboxylic acids is 1. The predicted molar refractivity (Wildman–Crippen MR) is 111 cm³/mol. The SMILES string of the molecule is N[C@@H]1[C@@H](O)[C@@H](OP(=O)(O)OP(=O)(O)OCC2O[C@@H](n3ccc(=O)[nH]c3=O)[C@H](O)[C@@H]2O)O[C@H](C(=O)O)[C@H]1O. The van der Waals surface area contributed by atoms with Gasteiger partial charge in [0.05, 0.1) is 12.6 Å². The highest BCUT2D eigenvalue weighted by Crippen LogP contribution is 2.61. The third-order valence-electron chi connectivity index (χ3n) is 5.21. The first-order chi connectivity index (χ1) is 17.0. The van der Waals surface area contributed by atoms with Crippen LogP contribution in [0.4, 0.5) is 0 Å². The van der Waals surface area contributed by atoms with E-state index < -0.39 is 94.7 Å². The summed E-state index contributed by atoms with van der Waals surface area (Å²) in [5.74, 6) is -1.77. The van der Waals surface area contributed by atoms with Crippen molar-refractivity contribution in [1.82, 2.24) is 9.55 Å². The second kappa shape index (κ2) is 11.1. The lowest BCUT2D eigenvalue weighted by Crippen LogP contribution is -2.63. The number of nitrogens with zero attached hydrogens (tertiary/aromatic N) is 1. The number of ether oxygens (including phenoxy) is 2. The van der Waals surface area contributed by atoms with Gasteiger partial charge in [-0.15, -0.1) is 0 Å². The number of hydrogen-bond donors (Lipinski definition) is 9. The van der Waals surface area contributed by atoms with E-state index in [4.69, 9.17) is 15.6 Å². The molecular weight excluding hydrogens is 556 g/mol. The maximum Gasteiger partial charge on any atom is 0.483 e. The van der Waals surface area contributed by atoms with Crippen LogP contribution in [0.3, 0.4) is 0 Å². The lowest BCUT2D eigenvalue weighted by molar-refractivity contribution is -0.247. The zero-order valence-corrected chi connectivity index (χ0v) is 20.0. The molecule has 0 radical (unpaired) electrons. The number of H-pyrrole nitrogens is 1. The molecule has 0 spiro atoms. The van der Waals surface area contributed by atoms with Crippen molar-refractivity contribution in [3.8, 4) is 0 Å². The van der Waals surface area contributed by atoms with Crippen LogP contribution in [0.1, 0.15) is 6.23 Å². The van der Waals surface area contributed by atoms with Gasteiger partial charge in [0, 0.05) is 12.3 Å². The molecule has 2 aliphatic rings. The summed E-state index contributed by atoms with van der Waals surface area (Å²) < 4.78 is 47.9. The van der Waals surface area contributed by atoms with Gasteiger partial charge in [-0.05, 0) is 0 Å². The van der Waals surface area contributed by atoms with E-state index in [0.29, 0.717) is 4.57 Å². The monoisotopic (exact) mass is 579 g/mol. The molecule has 0 amide bonds. The highest BCUT2D eigenvalue weighted by atomic mass is 31.3. The minimum atomic E-state index is -5.67. The Morgan fingerprint density at radius 2 is 1.70 bits per heavy atom. The van der Waals surface area contributed by atoms with Crippen LogP contribution >= 0.6 is 15.6 Å². The molecule has 3 heterocycles. The molecule has 0 bridgehead atoms. The number of phosphoric ester groups is 2. The highest BCUT2D eigenvalue weighted by Gasteiger charge is 2.50. The molecule has 0 aliphatic carbocycles. The summed E-state index contributed by atoms with van der Waals surface area (Å²) in [6.45, 7) is -1.05. The highest BCUT2D eigenvalue weighted by molar-refractivity contribution is 7.61. The number of nitrogens with one attached hydrogen (secondary N) is 1. The largest absolute Gasteiger partial charge is 0.483 e. The number of aromatic nitrogens is 2. The first kappa shape index (κ1) is 29.7. The van der Waals surface area contributed by atoms with E-state index in [-0.39, 0.29) is 0 Å². The van der Waals surface area contributed by atoms with Crippen molar-refractivity contribution in [3.63, 3.8) is 0 Å². The average Bonchev–Trinajstić information content (AvgIpc) is 3.05. The second-order valence-electron chi connectivity index (χ2n) is 7.81. The van der Waals surface area contributed by atoms with E-state index in [9.17, 15) is 53.7 Å². The van der Waals surface area contributed by atoms with E-state index in [1.165, 1.54) is 0 Å². The van der Waals surface area contributed by atoms with Crippen molar-refractivity contribution in [2.45, 2.75) is 55.2 Å². The van der Waals surface area contributed by atoms with Crippen LogP contribution in [0, 0.1) is 0 Å². The van der Waals surface area contributed by atoms with Gasteiger partial charge in [-0.25, -0.2) is 18.7 Å². The van der Waals surface area contributed by atoms with Crippen molar-refractivity contribution >= 4 is 21.6 Å². The number of rotatable bonds is 9. The Morgan fingerprint density at radius 3 is 2.30 bits per heavy atom. The number of carboxylic acid groups (broad SMARTS) is 1. The van der Waals surface area contributed by atoms with E-state index in [1.54, 1.807) is 0 Å². The van der Waals surface area contributed by atoms with E-state index >= 15 is 0 Å². The minimum absolute atomic E-state index is 0.710. The summed E-state index contributed by atoms with van der Waals surface area (Å²) >= 11 is 0. The normalized spacial score (nSPS) is 37.5. The predicted octanol–water partition coefficient (Wildman–Crippen LogP) is -4.73. The molecular formula is C15H23N3O17P2. The molecule has 22 heteroatoms. The van der Waals surface area contributed by atoms with Crippen molar-refractivity contribution < 1.29 is 72.1 Å². The summed E-state index contributed by atoms with van der Waals surface area (Å²) in [6.07, 6.45) is -14.2. The zero-order chi connectivity index (χ0) is 27.9. The number of aliphatic carboxylic acids is 1. The number of carbonyl (C=O) groups is 1. The van der Waals surface area contributed by atoms with Crippen LogP contribution in [0.5, 0.6) is 0 Å². The molecule has 10 N–H and O–H groups in total. The summed E-state index contributed by atoms with van der Waals surface area (Å²) in [4.78, 5) is 55.7. The molecule has 0 saturated carbocycles. The first-order valence-corrected chi connectivity index (χ1v) is 13.0. The minimum Gasteiger partial charge on any atom is -0.479 e. The number of nitrogens with two attached hydrogens (primary N) is 1. The van der Waals surface area contributed by atoms with Crippen LogP contribution in [0.25, 0.3) is 0 Å². The number of aromatic amines is 1. The maximum absolute atomic E-state index is 12.2. The van der Waals surface area contributed by atoms with Gasteiger partial charge in [-0.2, -0.15) is 4.31 Å². The van der Waals surface area contributed by atoms with Crippen molar-refractivity contribution in [1.29, 1.82) is 0 Å². The third-order valence-corrected chi connectivity index (χ3v) is 7.81. The van der Waals surface area contributed by atoms with Gasteiger partial charge in [0.2, 0.25) is 0 Å². The van der Waals surface area contributed by atoms with Crippen molar-refractivity contribution in [2.24, 2.45) is 5.73 Å². The van der Waals surface area contributed by atoms with Crippen LogP contribution in [-0.4, -0.2) is 106 Å². The van der Waals surface area contributed by atoms with Crippen LogP contribution in [-0.2, 0) is 36.8 Å². The van der Waals surface area contributed by atoms with Gasteiger partial charge < -0.3 is 50.5 Å². The molecule has 2 saturated heterocycles. The van der Waals surface area contributed by atoms with E-state index in [1.807, 2.05) is 4.98 Å². The van der Waals surface area contributed by atoms with Gasteiger partial charge in [-0.3, -0.25) is 23.4 Å². The average molecular weight is 579 g/mol. The first-order valence-electron chi connectivity index (χ1n) is 10.1. The Balaban J connectivity index is 1.63. The number of phosphoric acid groups is 2. The van der Waals surface area contributed by atoms with Gasteiger partial charge in [0.25, 0.3) is 5.56 Å². The summed E-state index contributed by atoms with van der Waals surface area (Å²) in [5.41, 5.74) is 3.67. The summed E-state index contributed by atoms with van der Waals surface area (Å²) in [7, 11) is -11.2. The standard InChI is InChI=1S/C15H23N3O17P2/c16-6-8(21)11(13(24)25)33-14(9(6)22)34-37(29,30)35-36(27,28)31-3-4-7(20)10(23)12(32-4)18-2-1-5(19)17-15(18)26/h1-2,4,6-12,14,20-23H,3,16H2,(H,24,25)(H,27,28)(H,29,30)(H,17,19,26)/t4?,6-,7+,8-,9+,10+,11-,12+,14+/m0/s1. The number of hydrogen-bond acceptors (Lipinski definition) is 15. The zero-order valence-electron chi connectivity index (χ0n) is 18.2. The summed E-state index contributed by atoms with van der Waals surface area (Å²) in [5, 5.41) is 48.9. The van der Waals surface area contributed by atoms with Gasteiger partial charge in [0.1, 0.15) is 30.5 Å². The molecule has 11 atom stereocenters. The molecule has 0 aromatic carbocycles. The quantitative estimate of drug-likeness (QED) is 0.124. The van der Waals surface area contributed by atoms with Crippen molar-refractivity contribution in [3.05, 3.63) is 33.1 Å². The fourth-order valence-corrected chi connectivity index (χ4v) is 5.54. The number of aliphatic hydroxyl groups is 4. The summed E-state index contributed by atoms with van der Waals surface area (Å²) in [6, 6.07) is -0.811. The molecule has 1 aromatic heterocycles. The smallest absolute Gasteiger partial charge is 0.479 e. The molecule has 210 valence electrons. The van der Waals surface area contributed by atoms with Crippen LogP contribution in [0.15, 0.2) is 21.9 Å². The Hall–Kier alpha value is -1.87. The Morgan fingerprint density at radius 1 is 1.05 bits per heavy atom. The van der Waals surface area contributed by atoms with Crippen molar-refractivity contribution in [2.75, 3.05) is 6.61 Å². The van der Waals surface area contributed by atoms with E-state index in [0.717, 1.165) is 12.3 Å². The topological polar surface area (TPSA) is 320 Å².